The Morgan fingerprint density at radius 3 is 2.83 bits per heavy atom. The number of morpholine rings is 1. The molecule has 35 heavy (non-hydrogen) atoms. The molecule has 0 bridgehead atoms. The topological polar surface area (TPSA) is 80.7 Å². The van der Waals surface area contributed by atoms with Gasteiger partial charge in [-0.1, -0.05) is 12.1 Å². The minimum Gasteiger partial charge on any atom is -0.374 e. The van der Waals surface area contributed by atoms with Crippen molar-refractivity contribution in [3.63, 3.8) is 0 Å². The van der Waals surface area contributed by atoms with Gasteiger partial charge < -0.3 is 14.6 Å². The van der Waals surface area contributed by atoms with E-state index in [1.165, 1.54) is 12.1 Å². The van der Waals surface area contributed by atoms with E-state index in [1.807, 2.05) is 54.6 Å². The molecule has 1 fully saturated rings. The number of halogens is 1. The van der Waals surface area contributed by atoms with Gasteiger partial charge in [-0.25, -0.2) is 4.39 Å². The Labute approximate surface area is 201 Å². The molecule has 0 radical (unpaired) electrons. The molecule has 5 aromatic rings. The lowest BCUT2D eigenvalue weighted by Gasteiger charge is -2.24. The van der Waals surface area contributed by atoms with Crippen LogP contribution in [0.15, 0.2) is 61.1 Å². The number of ether oxygens (including phenoxy) is 1. The fourth-order valence-electron chi connectivity index (χ4n) is 4.86. The Morgan fingerprint density at radius 1 is 1.14 bits per heavy atom. The molecule has 1 saturated heterocycles. The molecule has 8 heteroatoms. The first-order valence-corrected chi connectivity index (χ1v) is 11.5. The summed E-state index contributed by atoms with van der Waals surface area (Å²) in [6.45, 7) is 3.05. The summed E-state index contributed by atoms with van der Waals surface area (Å²) in [5.74, 6) is -0.545. The predicted molar refractivity (Wildman–Crippen MR) is 132 cm³/mol. The van der Waals surface area contributed by atoms with Gasteiger partial charge in [0.2, 0.25) is 0 Å². The Balaban J connectivity index is 1.54. The summed E-state index contributed by atoms with van der Waals surface area (Å²) >= 11 is 0. The Hall–Kier alpha value is -4.06. The van der Waals surface area contributed by atoms with E-state index >= 15 is 0 Å². The molecule has 3 aromatic heterocycles. The van der Waals surface area contributed by atoms with E-state index in [0.717, 1.165) is 51.7 Å². The summed E-state index contributed by atoms with van der Waals surface area (Å²) in [7, 11) is 1.91. The number of hydrogen-bond donors (Lipinski definition) is 1. The van der Waals surface area contributed by atoms with Gasteiger partial charge in [-0.3, -0.25) is 9.67 Å². The minimum absolute atomic E-state index is 0.0201. The van der Waals surface area contributed by atoms with Gasteiger partial charge in [-0.05, 0) is 35.9 Å². The molecule has 0 aliphatic carbocycles. The maximum Gasteiger partial charge on any atom is 0.141 e. The lowest BCUT2D eigenvalue weighted by Crippen LogP contribution is -2.40. The molecule has 1 unspecified atom stereocenters. The highest BCUT2D eigenvalue weighted by Crippen LogP contribution is 2.38. The van der Waals surface area contributed by atoms with Crippen LogP contribution in [0.25, 0.3) is 44.2 Å². The number of nitriles is 1. The fourth-order valence-corrected chi connectivity index (χ4v) is 4.86. The van der Waals surface area contributed by atoms with Crippen LogP contribution in [0.2, 0.25) is 0 Å². The van der Waals surface area contributed by atoms with E-state index in [0.29, 0.717) is 18.7 Å². The first kappa shape index (κ1) is 21.5. The second-order valence-corrected chi connectivity index (χ2v) is 8.79. The normalized spacial score (nSPS) is 16.1. The molecular weight excluding hydrogens is 443 g/mol. The zero-order chi connectivity index (χ0) is 23.9. The van der Waals surface area contributed by atoms with Crippen LogP contribution in [-0.4, -0.2) is 45.1 Å². The highest BCUT2D eigenvalue weighted by molar-refractivity contribution is 6.02. The SMILES string of the molecule is Cn1ncc2cc(-c3ncc4c(ccn4CC4CNCCO4)c3-c3ccc(C#N)c(F)c3)ccc21. The van der Waals surface area contributed by atoms with Gasteiger partial charge in [-0.2, -0.15) is 10.4 Å². The van der Waals surface area contributed by atoms with E-state index in [-0.39, 0.29) is 11.7 Å². The number of aryl methyl sites for hydroxylation is 1. The average molecular weight is 467 g/mol. The van der Waals surface area contributed by atoms with Crippen molar-refractivity contribution >= 4 is 21.8 Å². The smallest absolute Gasteiger partial charge is 0.141 e. The highest BCUT2D eigenvalue weighted by atomic mass is 19.1. The lowest BCUT2D eigenvalue weighted by molar-refractivity contribution is 0.0189. The van der Waals surface area contributed by atoms with E-state index < -0.39 is 5.82 Å². The fraction of sp³-hybridized carbons (Fsp3) is 0.222. The van der Waals surface area contributed by atoms with Crippen LogP contribution in [0.5, 0.6) is 0 Å². The highest BCUT2D eigenvalue weighted by Gasteiger charge is 2.20. The van der Waals surface area contributed by atoms with Crippen molar-refractivity contribution in [2.45, 2.75) is 12.6 Å². The van der Waals surface area contributed by atoms with Crippen LogP contribution in [0.1, 0.15) is 5.56 Å². The third-order valence-corrected chi connectivity index (χ3v) is 6.63. The molecule has 0 spiro atoms. The first-order chi connectivity index (χ1) is 17.1. The van der Waals surface area contributed by atoms with Crippen molar-refractivity contribution in [1.82, 2.24) is 24.6 Å². The van der Waals surface area contributed by atoms with Crippen molar-refractivity contribution in [3.05, 3.63) is 72.4 Å². The summed E-state index contributed by atoms with van der Waals surface area (Å²) in [6, 6.07) is 14.8. The van der Waals surface area contributed by atoms with Crippen molar-refractivity contribution in [2.75, 3.05) is 19.7 Å². The largest absolute Gasteiger partial charge is 0.374 e. The molecular formula is C27H23FN6O. The van der Waals surface area contributed by atoms with Crippen LogP contribution in [-0.2, 0) is 18.3 Å². The van der Waals surface area contributed by atoms with Crippen LogP contribution in [0.3, 0.4) is 0 Å². The number of fused-ring (bicyclic) bond motifs is 2. The first-order valence-electron chi connectivity index (χ1n) is 11.5. The van der Waals surface area contributed by atoms with Gasteiger partial charge in [0.1, 0.15) is 11.9 Å². The van der Waals surface area contributed by atoms with Crippen molar-refractivity contribution in [3.8, 4) is 28.5 Å². The number of nitrogens with zero attached hydrogens (tertiary/aromatic N) is 5. The van der Waals surface area contributed by atoms with Crippen LogP contribution in [0.4, 0.5) is 4.39 Å². The molecule has 6 rings (SSSR count). The Kier molecular flexibility index (Phi) is 5.29. The third-order valence-electron chi connectivity index (χ3n) is 6.63. The van der Waals surface area contributed by atoms with E-state index in [4.69, 9.17) is 9.72 Å². The van der Waals surface area contributed by atoms with Gasteiger partial charge in [-0.15, -0.1) is 0 Å². The third kappa shape index (κ3) is 3.75. The Bertz CT molecular complexity index is 1610. The van der Waals surface area contributed by atoms with Gasteiger partial charge >= 0.3 is 0 Å². The maximum absolute atomic E-state index is 14.7. The van der Waals surface area contributed by atoms with Gasteiger partial charge in [0, 0.05) is 48.2 Å². The van der Waals surface area contributed by atoms with Crippen molar-refractivity contribution < 1.29 is 9.13 Å². The summed E-state index contributed by atoms with van der Waals surface area (Å²) in [5, 5.41) is 18.9. The Morgan fingerprint density at radius 2 is 2.03 bits per heavy atom. The van der Waals surface area contributed by atoms with Gasteiger partial charge in [0.25, 0.3) is 0 Å². The number of rotatable bonds is 4. The zero-order valence-corrected chi connectivity index (χ0v) is 19.2. The molecule has 1 aliphatic heterocycles. The summed E-state index contributed by atoms with van der Waals surface area (Å²) < 4.78 is 24.6. The summed E-state index contributed by atoms with van der Waals surface area (Å²) in [6.07, 6.45) is 5.80. The minimum atomic E-state index is -0.545. The molecule has 1 atom stereocenters. The monoisotopic (exact) mass is 466 g/mol. The molecule has 174 valence electrons. The summed E-state index contributed by atoms with van der Waals surface area (Å²) in [4.78, 5) is 4.87. The molecule has 2 aromatic carbocycles. The number of pyridine rings is 1. The van der Waals surface area contributed by atoms with Crippen LogP contribution >= 0.6 is 0 Å². The molecule has 7 nitrogen and oxygen atoms in total. The number of aromatic nitrogens is 4. The van der Waals surface area contributed by atoms with Crippen LogP contribution < -0.4 is 5.32 Å². The second-order valence-electron chi connectivity index (χ2n) is 8.79. The zero-order valence-electron chi connectivity index (χ0n) is 19.2. The van der Waals surface area contributed by atoms with Crippen molar-refractivity contribution in [2.24, 2.45) is 7.05 Å². The van der Waals surface area contributed by atoms with Gasteiger partial charge in [0.05, 0.1) is 53.9 Å². The number of benzene rings is 2. The molecule has 0 saturated carbocycles. The van der Waals surface area contributed by atoms with Gasteiger partial charge in [0.15, 0.2) is 0 Å². The van der Waals surface area contributed by atoms with Crippen molar-refractivity contribution in [1.29, 1.82) is 5.26 Å². The number of hydrogen-bond acceptors (Lipinski definition) is 5. The van der Waals surface area contributed by atoms with Crippen LogP contribution in [0, 0.1) is 17.1 Å². The predicted octanol–water partition coefficient (Wildman–Crippen LogP) is 4.26. The average Bonchev–Trinajstić information content (AvgIpc) is 3.47. The van der Waals surface area contributed by atoms with E-state index in [9.17, 15) is 9.65 Å². The molecule has 1 N–H and O–H groups in total. The number of nitrogens with one attached hydrogen (secondary N) is 1. The molecule has 1 aliphatic rings. The maximum atomic E-state index is 14.7. The molecule has 4 heterocycles. The standard InChI is InChI=1S/C27H23FN6O/c1-33-24-5-4-18(10-20(24)13-32-33)27-26(17-2-3-19(12-29)23(28)11-17)22-6-8-34(25(22)15-31-27)16-21-14-30-7-9-35-21/h2-6,8,10-11,13,15,21,30H,7,9,14,16H2,1H3. The molecule has 0 amide bonds. The van der Waals surface area contributed by atoms with E-state index in [1.54, 1.807) is 6.07 Å². The quantitative estimate of drug-likeness (QED) is 0.428. The van der Waals surface area contributed by atoms with E-state index in [2.05, 4.69) is 21.0 Å². The second kappa shape index (κ2) is 8.62. The lowest BCUT2D eigenvalue weighted by atomic mass is 9.95. The summed E-state index contributed by atoms with van der Waals surface area (Å²) in [5.41, 5.74) is 5.16.